The molecule has 0 spiro atoms. The third kappa shape index (κ3) is 4.48. The summed E-state index contributed by atoms with van der Waals surface area (Å²) in [5.74, 6) is -0.478. The van der Waals surface area contributed by atoms with Gasteiger partial charge >= 0.3 is 0 Å². The number of hydrogen-bond donors (Lipinski definition) is 2. The summed E-state index contributed by atoms with van der Waals surface area (Å²) in [6, 6.07) is 6.78. The standard InChI is InChI=1S/C24H24ClN5O4.H2/c25-15-7-10-18(27-13-15)28-24(33)22-21(20-17(34-22)3-1-11-26-20)29-23(32)14-5-8-16(9-6-14)30-12-2-4-19(30)31;/h1,3,7,10-11,13-14,16H,2,4-6,8-9,12H2,(H,29,32)(H,27,28,33);1H. The van der Waals surface area contributed by atoms with Crippen molar-refractivity contribution >= 4 is 51.9 Å². The zero-order chi connectivity index (χ0) is 23.7. The van der Waals surface area contributed by atoms with E-state index in [-0.39, 0.29) is 36.6 Å². The lowest BCUT2D eigenvalue weighted by atomic mass is 9.84. The molecule has 3 aromatic rings. The van der Waals surface area contributed by atoms with Crippen molar-refractivity contribution in [1.29, 1.82) is 0 Å². The number of aromatic nitrogens is 2. The zero-order valence-corrected chi connectivity index (χ0v) is 19.2. The van der Waals surface area contributed by atoms with Gasteiger partial charge in [0, 0.05) is 38.7 Å². The second kappa shape index (κ2) is 9.42. The van der Waals surface area contributed by atoms with Crippen LogP contribution < -0.4 is 10.6 Å². The minimum Gasteiger partial charge on any atom is -0.447 e. The van der Waals surface area contributed by atoms with E-state index in [0.29, 0.717) is 41.2 Å². The Bertz CT molecular complexity index is 1240. The Morgan fingerprint density at radius 1 is 1.12 bits per heavy atom. The lowest BCUT2D eigenvalue weighted by molar-refractivity contribution is -0.130. The summed E-state index contributed by atoms with van der Waals surface area (Å²) in [6.45, 7) is 0.813. The van der Waals surface area contributed by atoms with Crippen LogP contribution in [-0.2, 0) is 9.59 Å². The number of carbonyl (C=O) groups excluding carboxylic acids is 3. The van der Waals surface area contributed by atoms with Gasteiger partial charge in [-0.3, -0.25) is 19.4 Å². The Labute approximate surface area is 202 Å². The molecule has 4 heterocycles. The van der Waals surface area contributed by atoms with Gasteiger partial charge in [-0.15, -0.1) is 0 Å². The molecule has 1 saturated carbocycles. The summed E-state index contributed by atoms with van der Waals surface area (Å²) in [5, 5.41) is 6.00. The molecule has 5 rings (SSSR count). The van der Waals surface area contributed by atoms with Crippen molar-refractivity contribution in [3.05, 3.63) is 47.4 Å². The highest BCUT2D eigenvalue weighted by Crippen LogP contribution is 2.34. The molecule has 1 saturated heterocycles. The predicted octanol–water partition coefficient (Wildman–Crippen LogP) is 4.49. The number of rotatable bonds is 5. The third-order valence-electron chi connectivity index (χ3n) is 6.49. The molecule has 0 bridgehead atoms. The van der Waals surface area contributed by atoms with Gasteiger partial charge < -0.3 is 20.0 Å². The average Bonchev–Trinajstić information content (AvgIpc) is 3.44. The maximum Gasteiger partial charge on any atom is 0.294 e. The minimum absolute atomic E-state index is 0. The zero-order valence-electron chi connectivity index (χ0n) is 18.4. The van der Waals surface area contributed by atoms with Crippen LogP contribution in [0.5, 0.6) is 0 Å². The normalized spacial score (nSPS) is 20.5. The maximum atomic E-state index is 13.2. The van der Waals surface area contributed by atoms with E-state index < -0.39 is 5.91 Å². The highest BCUT2D eigenvalue weighted by atomic mass is 35.5. The number of amides is 3. The van der Waals surface area contributed by atoms with Crippen molar-refractivity contribution in [2.75, 3.05) is 17.2 Å². The fourth-order valence-electron chi connectivity index (χ4n) is 4.76. The van der Waals surface area contributed by atoms with Crippen LogP contribution in [0, 0.1) is 5.92 Å². The van der Waals surface area contributed by atoms with E-state index in [1.165, 1.54) is 6.20 Å². The molecule has 0 aromatic carbocycles. The number of likely N-dealkylation sites (tertiary alicyclic amines) is 1. The number of anilines is 2. The molecule has 1 aliphatic carbocycles. The summed E-state index contributed by atoms with van der Waals surface area (Å²) in [6.07, 6.45) is 7.49. The van der Waals surface area contributed by atoms with Gasteiger partial charge in [0.15, 0.2) is 5.58 Å². The molecule has 178 valence electrons. The van der Waals surface area contributed by atoms with Crippen molar-refractivity contribution < 1.29 is 20.2 Å². The Hall–Kier alpha value is -3.46. The van der Waals surface area contributed by atoms with E-state index in [2.05, 4.69) is 20.6 Å². The first-order chi connectivity index (χ1) is 16.5. The number of hydrogen-bond acceptors (Lipinski definition) is 6. The second-order valence-corrected chi connectivity index (χ2v) is 9.09. The van der Waals surface area contributed by atoms with Gasteiger partial charge in [-0.05, 0) is 56.4 Å². The molecule has 3 amide bonds. The van der Waals surface area contributed by atoms with Crippen LogP contribution in [0.1, 0.15) is 50.5 Å². The average molecular weight is 484 g/mol. The van der Waals surface area contributed by atoms with E-state index >= 15 is 0 Å². The fraction of sp³-hybridized carbons (Fsp3) is 0.375. The molecule has 0 radical (unpaired) electrons. The van der Waals surface area contributed by atoms with Crippen LogP contribution in [0.15, 0.2) is 41.1 Å². The van der Waals surface area contributed by atoms with Gasteiger partial charge in [0.1, 0.15) is 17.0 Å². The Kier molecular flexibility index (Phi) is 6.19. The monoisotopic (exact) mass is 483 g/mol. The Balaban J connectivity index is 0.00000289. The van der Waals surface area contributed by atoms with E-state index in [4.69, 9.17) is 16.0 Å². The van der Waals surface area contributed by atoms with Crippen molar-refractivity contribution in [1.82, 2.24) is 14.9 Å². The first-order valence-electron chi connectivity index (χ1n) is 11.4. The van der Waals surface area contributed by atoms with Crippen molar-refractivity contribution in [2.45, 2.75) is 44.6 Å². The van der Waals surface area contributed by atoms with Gasteiger partial charge in [0.05, 0.1) is 5.02 Å². The van der Waals surface area contributed by atoms with E-state index in [9.17, 15) is 14.4 Å². The number of nitrogens with zero attached hydrogens (tertiary/aromatic N) is 3. The van der Waals surface area contributed by atoms with Gasteiger partial charge in [-0.1, -0.05) is 11.6 Å². The number of pyridine rings is 2. The van der Waals surface area contributed by atoms with Crippen molar-refractivity contribution in [2.24, 2.45) is 5.92 Å². The molecule has 3 aromatic heterocycles. The molecule has 2 aliphatic rings. The number of fused-ring (bicyclic) bond motifs is 1. The smallest absolute Gasteiger partial charge is 0.294 e. The number of furan rings is 1. The summed E-state index contributed by atoms with van der Waals surface area (Å²) in [7, 11) is 0. The topological polar surface area (TPSA) is 117 Å². The van der Waals surface area contributed by atoms with Crippen molar-refractivity contribution in [3.63, 3.8) is 0 Å². The molecule has 0 unspecified atom stereocenters. The maximum absolute atomic E-state index is 13.2. The Morgan fingerprint density at radius 3 is 2.65 bits per heavy atom. The van der Waals surface area contributed by atoms with Crippen LogP contribution >= 0.6 is 11.6 Å². The summed E-state index contributed by atoms with van der Waals surface area (Å²) < 4.78 is 5.75. The summed E-state index contributed by atoms with van der Waals surface area (Å²) in [4.78, 5) is 48.5. The fourth-order valence-corrected chi connectivity index (χ4v) is 4.87. The van der Waals surface area contributed by atoms with Crippen LogP contribution in [0.3, 0.4) is 0 Å². The van der Waals surface area contributed by atoms with E-state index in [0.717, 1.165) is 25.8 Å². The van der Waals surface area contributed by atoms with Crippen molar-refractivity contribution in [3.8, 4) is 0 Å². The molecule has 10 heteroatoms. The quantitative estimate of drug-likeness (QED) is 0.552. The molecule has 0 atom stereocenters. The van der Waals surface area contributed by atoms with Gasteiger partial charge in [0.2, 0.25) is 17.6 Å². The van der Waals surface area contributed by atoms with E-state index in [1.807, 2.05) is 4.90 Å². The third-order valence-corrected chi connectivity index (χ3v) is 6.71. The summed E-state index contributed by atoms with van der Waals surface area (Å²) in [5.41, 5.74) is 1.04. The number of nitrogens with one attached hydrogen (secondary N) is 2. The number of carbonyl (C=O) groups is 3. The molecular weight excluding hydrogens is 458 g/mol. The second-order valence-electron chi connectivity index (χ2n) is 8.66. The van der Waals surface area contributed by atoms with Gasteiger partial charge in [0.25, 0.3) is 5.91 Å². The first-order valence-corrected chi connectivity index (χ1v) is 11.8. The lowest BCUT2D eigenvalue weighted by Gasteiger charge is -2.34. The predicted molar refractivity (Wildman–Crippen MR) is 129 cm³/mol. The molecule has 9 nitrogen and oxygen atoms in total. The number of halogens is 1. The Morgan fingerprint density at radius 2 is 1.94 bits per heavy atom. The van der Waals surface area contributed by atoms with Gasteiger partial charge in [-0.2, -0.15) is 0 Å². The summed E-state index contributed by atoms with van der Waals surface area (Å²) >= 11 is 5.86. The van der Waals surface area contributed by atoms with Crippen LogP contribution in [-0.4, -0.2) is 45.2 Å². The largest absolute Gasteiger partial charge is 0.447 e. The highest BCUT2D eigenvalue weighted by Gasteiger charge is 2.34. The molecule has 34 heavy (non-hydrogen) atoms. The lowest BCUT2D eigenvalue weighted by Crippen LogP contribution is -2.40. The van der Waals surface area contributed by atoms with Crippen LogP contribution in [0.4, 0.5) is 11.5 Å². The minimum atomic E-state index is -0.556. The van der Waals surface area contributed by atoms with E-state index in [1.54, 1.807) is 30.5 Å². The van der Waals surface area contributed by atoms with Gasteiger partial charge in [-0.25, -0.2) is 4.98 Å². The highest BCUT2D eigenvalue weighted by molar-refractivity contribution is 6.30. The molecule has 2 fully saturated rings. The SMILES string of the molecule is O=C(Nc1ccc(Cl)cn1)c1oc2cccnc2c1NC(=O)C1CCC(N2CCCC2=O)CC1.[HH]. The van der Waals surface area contributed by atoms with Crippen LogP contribution in [0.25, 0.3) is 11.1 Å². The van der Waals surface area contributed by atoms with Crippen LogP contribution in [0.2, 0.25) is 5.02 Å². The first kappa shape index (κ1) is 22.3. The molecule has 1 aliphatic heterocycles. The molecule has 2 N–H and O–H groups in total. The molecular formula is C24H26ClN5O4.